The lowest BCUT2D eigenvalue weighted by Crippen LogP contribution is -2.43. The molecule has 88 valence electrons. The number of nitrogens with zero attached hydrogens (tertiary/aromatic N) is 1. The Morgan fingerprint density at radius 3 is 2.75 bits per heavy atom. The normalized spacial score (nSPS) is 17.4. The maximum atomic E-state index is 12.1. The molecule has 0 saturated carbocycles. The summed E-state index contributed by atoms with van der Waals surface area (Å²) in [4.78, 5) is 13.9. The highest BCUT2D eigenvalue weighted by Crippen LogP contribution is 2.15. The quantitative estimate of drug-likeness (QED) is 0.823. The van der Waals surface area contributed by atoms with Crippen LogP contribution in [0, 0.1) is 6.92 Å². The number of carbonyl (C=O) groups is 1. The summed E-state index contributed by atoms with van der Waals surface area (Å²) in [6.07, 6.45) is 3.59. The monoisotopic (exact) mass is 222 g/mol. The topological polar surface area (TPSA) is 45.5 Å². The fraction of sp³-hybridized carbons (Fsp3) is 0.583. The molecule has 0 spiro atoms. The molecule has 0 unspecified atom stereocenters. The Bertz CT molecular complexity index is 367. The molecular weight excluding hydrogens is 204 g/mol. The van der Waals surface area contributed by atoms with Gasteiger partial charge < -0.3 is 14.6 Å². The highest BCUT2D eigenvalue weighted by atomic mass is 16.3. The van der Waals surface area contributed by atoms with Crippen LogP contribution < -0.4 is 5.32 Å². The molecule has 0 radical (unpaired) electrons. The summed E-state index contributed by atoms with van der Waals surface area (Å²) >= 11 is 0. The molecule has 4 nitrogen and oxygen atoms in total. The molecule has 1 N–H and O–H groups in total. The lowest BCUT2D eigenvalue weighted by molar-refractivity contribution is 0.0702. The van der Waals surface area contributed by atoms with Crippen molar-refractivity contribution in [3.63, 3.8) is 0 Å². The van der Waals surface area contributed by atoms with Crippen LogP contribution in [0.2, 0.25) is 0 Å². The molecule has 1 aliphatic rings. The van der Waals surface area contributed by atoms with Crippen molar-refractivity contribution in [2.24, 2.45) is 0 Å². The van der Waals surface area contributed by atoms with Gasteiger partial charge in [0.05, 0.1) is 5.56 Å². The standard InChI is InChI=1S/C12H18N2O2/c1-9-7-10(8-16-9)12(15)14(2)11-3-5-13-6-4-11/h7-8,11,13H,3-6H2,1-2H3. The van der Waals surface area contributed by atoms with Gasteiger partial charge in [-0.3, -0.25) is 4.79 Å². The average Bonchev–Trinajstić information content (AvgIpc) is 2.75. The number of nitrogens with one attached hydrogen (secondary N) is 1. The molecule has 2 heterocycles. The van der Waals surface area contributed by atoms with Gasteiger partial charge in [0, 0.05) is 13.1 Å². The molecule has 1 amide bonds. The maximum absolute atomic E-state index is 12.1. The zero-order valence-corrected chi connectivity index (χ0v) is 9.82. The lowest BCUT2D eigenvalue weighted by Gasteiger charge is -2.31. The van der Waals surface area contributed by atoms with E-state index in [1.165, 1.54) is 6.26 Å². The number of rotatable bonds is 2. The zero-order valence-electron chi connectivity index (χ0n) is 9.82. The Balaban J connectivity index is 2.03. The van der Waals surface area contributed by atoms with Crippen molar-refractivity contribution < 1.29 is 9.21 Å². The van der Waals surface area contributed by atoms with E-state index < -0.39 is 0 Å². The minimum absolute atomic E-state index is 0.0590. The van der Waals surface area contributed by atoms with Gasteiger partial charge in [-0.25, -0.2) is 0 Å². The molecule has 1 aromatic rings. The van der Waals surface area contributed by atoms with Crippen molar-refractivity contribution in [1.29, 1.82) is 0 Å². The van der Waals surface area contributed by atoms with Crippen molar-refractivity contribution in [1.82, 2.24) is 10.2 Å². The predicted molar refractivity (Wildman–Crippen MR) is 61.4 cm³/mol. The van der Waals surface area contributed by atoms with Gasteiger partial charge in [-0.15, -0.1) is 0 Å². The smallest absolute Gasteiger partial charge is 0.257 e. The number of amides is 1. The van der Waals surface area contributed by atoms with Gasteiger partial charge in [0.1, 0.15) is 12.0 Å². The SMILES string of the molecule is Cc1cc(C(=O)N(C)C2CCNCC2)co1. The van der Waals surface area contributed by atoms with E-state index in [0.29, 0.717) is 11.6 Å². The van der Waals surface area contributed by atoms with Crippen LogP contribution in [-0.4, -0.2) is 37.0 Å². The summed E-state index contributed by atoms with van der Waals surface area (Å²) in [6, 6.07) is 2.14. The average molecular weight is 222 g/mol. The minimum Gasteiger partial charge on any atom is -0.469 e. The van der Waals surface area contributed by atoms with Gasteiger partial charge in [-0.05, 0) is 38.9 Å². The molecule has 1 saturated heterocycles. The summed E-state index contributed by atoms with van der Waals surface area (Å²) in [6.45, 7) is 3.83. The van der Waals surface area contributed by atoms with Crippen LogP contribution in [0.1, 0.15) is 29.0 Å². The maximum Gasteiger partial charge on any atom is 0.257 e. The second-order valence-corrected chi connectivity index (χ2v) is 4.34. The first kappa shape index (κ1) is 11.2. The first-order valence-electron chi connectivity index (χ1n) is 5.71. The van der Waals surface area contributed by atoms with Gasteiger partial charge in [0.15, 0.2) is 0 Å². The molecule has 2 rings (SSSR count). The summed E-state index contributed by atoms with van der Waals surface area (Å²) in [5.74, 6) is 0.839. The first-order valence-corrected chi connectivity index (χ1v) is 5.71. The van der Waals surface area contributed by atoms with Crippen LogP contribution in [-0.2, 0) is 0 Å². The van der Waals surface area contributed by atoms with E-state index in [0.717, 1.165) is 31.7 Å². The molecule has 0 aliphatic carbocycles. The molecule has 1 fully saturated rings. The van der Waals surface area contributed by atoms with Crippen LogP contribution in [0.3, 0.4) is 0 Å². The molecule has 1 aliphatic heterocycles. The van der Waals surface area contributed by atoms with Crippen LogP contribution >= 0.6 is 0 Å². The van der Waals surface area contributed by atoms with Crippen molar-refractivity contribution in [2.75, 3.05) is 20.1 Å². The van der Waals surface area contributed by atoms with E-state index in [9.17, 15) is 4.79 Å². The Morgan fingerprint density at radius 1 is 1.50 bits per heavy atom. The van der Waals surface area contributed by atoms with Crippen molar-refractivity contribution >= 4 is 5.91 Å². The second kappa shape index (κ2) is 4.70. The van der Waals surface area contributed by atoms with Crippen molar-refractivity contribution in [3.8, 4) is 0 Å². The number of hydrogen-bond donors (Lipinski definition) is 1. The molecule has 16 heavy (non-hydrogen) atoms. The summed E-state index contributed by atoms with van der Waals surface area (Å²) in [5.41, 5.74) is 0.651. The number of aryl methyl sites for hydroxylation is 1. The molecular formula is C12H18N2O2. The molecule has 0 bridgehead atoms. The number of piperidine rings is 1. The molecule has 0 atom stereocenters. The molecule has 1 aromatic heterocycles. The van der Waals surface area contributed by atoms with E-state index in [4.69, 9.17) is 4.42 Å². The molecule has 0 aromatic carbocycles. The third-order valence-electron chi connectivity index (χ3n) is 3.15. The van der Waals surface area contributed by atoms with E-state index in [-0.39, 0.29) is 5.91 Å². The Morgan fingerprint density at radius 2 is 2.19 bits per heavy atom. The summed E-state index contributed by atoms with van der Waals surface area (Å²) < 4.78 is 5.16. The fourth-order valence-electron chi connectivity index (χ4n) is 2.12. The van der Waals surface area contributed by atoms with Crippen LogP contribution in [0.4, 0.5) is 0 Å². The zero-order chi connectivity index (χ0) is 11.5. The minimum atomic E-state index is 0.0590. The van der Waals surface area contributed by atoms with Gasteiger partial charge in [-0.1, -0.05) is 0 Å². The van der Waals surface area contributed by atoms with Crippen LogP contribution in [0.15, 0.2) is 16.7 Å². The third-order valence-corrected chi connectivity index (χ3v) is 3.15. The second-order valence-electron chi connectivity index (χ2n) is 4.34. The Hall–Kier alpha value is -1.29. The van der Waals surface area contributed by atoms with E-state index >= 15 is 0 Å². The van der Waals surface area contributed by atoms with Gasteiger partial charge in [-0.2, -0.15) is 0 Å². The van der Waals surface area contributed by atoms with Gasteiger partial charge in [0.25, 0.3) is 5.91 Å². The molecule has 4 heteroatoms. The van der Waals surface area contributed by atoms with Crippen molar-refractivity contribution in [2.45, 2.75) is 25.8 Å². The number of carbonyl (C=O) groups excluding carboxylic acids is 1. The van der Waals surface area contributed by atoms with Crippen LogP contribution in [0.5, 0.6) is 0 Å². The van der Waals surface area contributed by atoms with E-state index in [1.807, 2.05) is 18.9 Å². The largest absolute Gasteiger partial charge is 0.469 e. The van der Waals surface area contributed by atoms with E-state index in [1.54, 1.807) is 6.07 Å². The Labute approximate surface area is 95.6 Å². The first-order chi connectivity index (χ1) is 7.68. The number of hydrogen-bond acceptors (Lipinski definition) is 3. The predicted octanol–water partition coefficient (Wildman–Crippen LogP) is 1.41. The van der Waals surface area contributed by atoms with Gasteiger partial charge >= 0.3 is 0 Å². The Kier molecular flexibility index (Phi) is 3.29. The van der Waals surface area contributed by atoms with Gasteiger partial charge in [0.2, 0.25) is 0 Å². The number of furan rings is 1. The highest BCUT2D eigenvalue weighted by Gasteiger charge is 2.23. The fourth-order valence-corrected chi connectivity index (χ4v) is 2.12. The summed E-state index contributed by atoms with van der Waals surface area (Å²) in [7, 11) is 1.88. The summed E-state index contributed by atoms with van der Waals surface area (Å²) in [5, 5.41) is 3.30. The van der Waals surface area contributed by atoms with E-state index in [2.05, 4.69) is 5.32 Å². The van der Waals surface area contributed by atoms with Crippen molar-refractivity contribution in [3.05, 3.63) is 23.7 Å². The third kappa shape index (κ3) is 2.27. The lowest BCUT2D eigenvalue weighted by atomic mass is 10.0. The highest BCUT2D eigenvalue weighted by molar-refractivity contribution is 5.94. The van der Waals surface area contributed by atoms with Crippen LogP contribution in [0.25, 0.3) is 0 Å².